The number of hydrogen-bond donors (Lipinski definition) is 1. The number of rotatable bonds is 11. The average molecular weight is 654 g/mol. The minimum Gasteiger partial charge on any atom is -0.497 e. The van der Waals surface area contributed by atoms with Crippen molar-refractivity contribution in [3.8, 4) is 11.4 Å². The number of ether oxygens (including phenoxy) is 1. The summed E-state index contributed by atoms with van der Waals surface area (Å²) in [5.41, 5.74) is 2.74. The SMILES string of the molecule is COc1ccc([C@@H]2CC(c3cccs3)=NN2C(=O)CSc2nnc(CNC(=O)c3ccc([N+](=O)[O-])cc3)n2-c2ccccc2)cc1. The van der Waals surface area contributed by atoms with Gasteiger partial charge in [0.25, 0.3) is 17.5 Å². The van der Waals surface area contributed by atoms with Crippen LogP contribution in [0.25, 0.3) is 5.69 Å². The minimum atomic E-state index is -0.522. The Hall–Kier alpha value is -5.34. The average Bonchev–Trinajstić information content (AvgIpc) is 3.87. The van der Waals surface area contributed by atoms with E-state index in [0.29, 0.717) is 17.4 Å². The third-order valence-electron chi connectivity index (χ3n) is 7.26. The molecule has 2 aromatic heterocycles. The summed E-state index contributed by atoms with van der Waals surface area (Å²) >= 11 is 2.81. The zero-order valence-electron chi connectivity index (χ0n) is 24.5. The number of para-hydroxylation sites is 1. The van der Waals surface area contributed by atoms with Crippen molar-refractivity contribution >= 4 is 46.3 Å². The van der Waals surface area contributed by atoms with E-state index in [1.807, 2.05) is 72.1 Å². The third-order valence-corrected chi connectivity index (χ3v) is 9.09. The molecule has 1 aliphatic heterocycles. The second-order valence-electron chi connectivity index (χ2n) is 10.1. The topological polar surface area (TPSA) is 145 Å². The lowest BCUT2D eigenvalue weighted by Crippen LogP contribution is -2.28. The fourth-order valence-electron chi connectivity index (χ4n) is 4.95. The van der Waals surface area contributed by atoms with Gasteiger partial charge >= 0.3 is 0 Å². The van der Waals surface area contributed by atoms with Gasteiger partial charge in [-0.1, -0.05) is 48.2 Å². The predicted molar refractivity (Wildman–Crippen MR) is 174 cm³/mol. The standard InChI is InChI=1S/C32H27N7O5S2/c1-44-25-15-11-21(12-16-25)27-18-26(28-8-5-17-45-28)36-38(27)30(40)20-46-32-35-34-29(37(32)23-6-3-2-4-7-23)19-33-31(41)22-9-13-24(14-10-22)39(42)43/h2-17,27H,18-20H2,1H3,(H,33,41)/t27-/m0/s1. The summed E-state index contributed by atoms with van der Waals surface area (Å²) in [6.07, 6.45) is 0.585. The van der Waals surface area contributed by atoms with E-state index in [2.05, 4.69) is 15.5 Å². The zero-order chi connectivity index (χ0) is 32.0. The van der Waals surface area contributed by atoms with Gasteiger partial charge in [-0.05, 0) is 53.4 Å². The second kappa shape index (κ2) is 13.7. The first-order chi connectivity index (χ1) is 22.4. The molecule has 0 unspecified atom stereocenters. The van der Waals surface area contributed by atoms with E-state index in [1.54, 1.807) is 28.0 Å². The molecule has 0 radical (unpaired) electrons. The van der Waals surface area contributed by atoms with Gasteiger partial charge in [0.15, 0.2) is 11.0 Å². The first-order valence-corrected chi connectivity index (χ1v) is 16.0. The molecular formula is C32H27N7O5S2. The first kappa shape index (κ1) is 30.7. The molecule has 12 nitrogen and oxygen atoms in total. The molecule has 3 heterocycles. The number of nitro groups is 1. The number of hydrogen-bond acceptors (Lipinski definition) is 10. The Balaban J connectivity index is 1.20. The van der Waals surface area contributed by atoms with Gasteiger partial charge in [-0.15, -0.1) is 21.5 Å². The molecule has 0 aliphatic carbocycles. The molecule has 0 spiro atoms. The van der Waals surface area contributed by atoms with Crippen LogP contribution < -0.4 is 10.1 Å². The summed E-state index contributed by atoms with van der Waals surface area (Å²) in [5, 5.41) is 31.2. The molecule has 5 aromatic rings. The maximum absolute atomic E-state index is 13.8. The Bertz CT molecular complexity index is 1880. The Kier molecular flexibility index (Phi) is 9.17. The summed E-state index contributed by atoms with van der Waals surface area (Å²) in [6, 6.07) is 26.1. The van der Waals surface area contributed by atoms with Gasteiger partial charge in [0.1, 0.15) is 5.75 Å². The molecule has 0 saturated heterocycles. The number of benzene rings is 3. The van der Waals surface area contributed by atoms with E-state index in [9.17, 15) is 19.7 Å². The molecular weight excluding hydrogens is 627 g/mol. The van der Waals surface area contributed by atoms with Crippen LogP contribution in [0.15, 0.2) is 107 Å². The smallest absolute Gasteiger partial charge is 0.269 e. The summed E-state index contributed by atoms with van der Waals surface area (Å²) in [5.74, 6) is 0.628. The first-order valence-electron chi connectivity index (χ1n) is 14.1. The molecule has 14 heteroatoms. The minimum absolute atomic E-state index is 0.0341. The Morgan fingerprint density at radius 2 is 1.78 bits per heavy atom. The summed E-state index contributed by atoms with van der Waals surface area (Å²) in [7, 11) is 1.61. The quantitative estimate of drug-likeness (QED) is 0.109. The normalized spacial score (nSPS) is 14.2. The lowest BCUT2D eigenvalue weighted by atomic mass is 10.0. The van der Waals surface area contributed by atoms with Crippen LogP contribution in [0.4, 0.5) is 5.69 Å². The number of non-ortho nitro benzene ring substituents is 1. The summed E-state index contributed by atoms with van der Waals surface area (Å²) in [6.45, 7) is 0.0341. The van der Waals surface area contributed by atoms with Crippen molar-refractivity contribution in [2.75, 3.05) is 12.9 Å². The van der Waals surface area contributed by atoms with Crippen molar-refractivity contribution in [3.05, 3.63) is 128 Å². The number of aromatic nitrogens is 3. The fraction of sp³-hybridized carbons (Fsp3) is 0.156. The second-order valence-corrected chi connectivity index (χ2v) is 12.0. The molecule has 3 aromatic carbocycles. The van der Waals surface area contributed by atoms with E-state index in [0.717, 1.165) is 27.6 Å². The highest BCUT2D eigenvalue weighted by molar-refractivity contribution is 7.99. The van der Waals surface area contributed by atoms with Gasteiger partial charge in [-0.25, -0.2) is 5.01 Å². The van der Waals surface area contributed by atoms with Crippen LogP contribution in [0.1, 0.15) is 39.1 Å². The van der Waals surface area contributed by atoms with Crippen LogP contribution in [0.5, 0.6) is 5.75 Å². The molecule has 0 bridgehead atoms. The van der Waals surface area contributed by atoms with Crippen LogP contribution in [-0.2, 0) is 11.3 Å². The van der Waals surface area contributed by atoms with Gasteiger partial charge in [0.2, 0.25) is 0 Å². The number of carbonyl (C=O) groups excluding carboxylic acids is 2. The van der Waals surface area contributed by atoms with Gasteiger partial charge in [-0.3, -0.25) is 24.3 Å². The molecule has 46 heavy (non-hydrogen) atoms. The maximum Gasteiger partial charge on any atom is 0.269 e. The van der Waals surface area contributed by atoms with Crippen LogP contribution in [0.2, 0.25) is 0 Å². The van der Waals surface area contributed by atoms with E-state index >= 15 is 0 Å². The Labute approximate surface area is 271 Å². The molecule has 2 amide bonds. The number of methoxy groups -OCH3 is 1. The summed E-state index contributed by atoms with van der Waals surface area (Å²) < 4.78 is 7.11. The molecule has 0 fully saturated rings. The number of nitro benzene ring substituents is 1. The number of nitrogens with one attached hydrogen (secondary N) is 1. The van der Waals surface area contributed by atoms with Crippen molar-refractivity contribution in [2.45, 2.75) is 24.2 Å². The zero-order valence-corrected chi connectivity index (χ0v) is 26.1. The number of amides is 2. The molecule has 6 rings (SSSR count). The molecule has 0 saturated carbocycles. The van der Waals surface area contributed by atoms with Crippen LogP contribution in [0, 0.1) is 10.1 Å². The van der Waals surface area contributed by atoms with Gasteiger partial charge in [0, 0.05) is 29.8 Å². The highest BCUT2D eigenvalue weighted by atomic mass is 32.2. The molecule has 1 atom stereocenters. The van der Waals surface area contributed by atoms with Gasteiger partial charge in [0.05, 0.1) is 41.0 Å². The van der Waals surface area contributed by atoms with Gasteiger partial charge < -0.3 is 10.1 Å². The lowest BCUT2D eigenvalue weighted by molar-refractivity contribution is -0.384. The molecule has 1 aliphatic rings. The van der Waals surface area contributed by atoms with Crippen molar-refractivity contribution in [3.63, 3.8) is 0 Å². The maximum atomic E-state index is 13.8. The number of thiophene rings is 1. The van der Waals surface area contributed by atoms with Crippen LogP contribution >= 0.6 is 23.1 Å². The van der Waals surface area contributed by atoms with Crippen LogP contribution in [0.3, 0.4) is 0 Å². The lowest BCUT2D eigenvalue weighted by Gasteiger charge is -2.22. The third kappa shape index (κ3) is 6.67. The largest absolute Gasteiger partial charge is 0.497 e. The Morgan fingerprint density at radius 3 is 2.46 bits per heavy atom. The van der Waals surface area contributed by atoms with Gasteiger partial charge in [-0.2, -0.15) is 5.10 Å². The van der Waals surface area contributed by atoms with Crippen molar-refractivity contribution in [1.29, 1.82) is 0 Å². The number of thioether (sulfide) groups is 1. The highest BCUT2D eigenvalue weighted by Gasteiger charge is 2.33. The van der Waals surface area contributed by atoms with E-state index < -0.39 is 10.8 Å². The van der Waals surface area contributed by atoms with Crippen molar-refractivity contribution in [1.82, 2.24) is 25.1 Å². The van der Waals surface area contributed by atoms with E-state index in [4.69, 9.17) is 9.84 Å². The van der Waals surface area contributed by atoms with E-state index in [1.165, 1.54) is 36.0 Å². The number of hydrazone groups is 1. The molecule has 232 valence electrons. The Morgan fingerprint density at radius 1 is 1.02 bits per heavy atom. The number of carbonyl (C=O) groups is 2. The summed E-state index contributed by atoms with van der Waals surface area (Å²) in [4.78, 5) is 38.0. The fourth-order valence-corrected chi connectivity index (χ4v) is 6.49. The van der Waals surface area contributed by atoms with Crippen molar-refractivity contribution < 1.29 is 19.2 Å². The molecule has 1 N–H and O–H groups in total. The highest BCUT2D eigenvalue weighted by Crippen LogP contribution is 2.35. The monoisotopic (exact) mass is 653 g/mol. The van der Waals surface area contributed by atoms with E-state index in [-0.39, 0.29) is 35.5 Å². The predicted octanol–water partition coefficient (Wildman–Crippen LogP) is 5.65. The number of nitrogens with zero attached hydrogens (tertiary/aromatic N) is 6. The van der Waals surface area contributed by atoms with Crippen LogP contribution in [-0.4, -0.2) is 55.1 Å². The van der Waals surface area contributed by atoms with Crippen molar-refractivity contribution in [2.24, 2.45) is 5.10 Å².